The third-order valence-corrected chi connectivity index (χ3v) is 3.13. The van der Waals surface area contributed by atoms with E-state index in [1.807, 2.05) is 0 Å². The van der Waals surface area contributed by atoms with E-state index in [-0.39, 0.29) is 11.3 Å². The number of aromatic amines is 1. The second-order valence-corrected chi connectivity index (χ2v) is 3.95. The second-order valence-electron chi connectivity index (χ2n) is 3.95. The summed E-state index contributed by atoms with van der Waals surface area (Å²) in [4.78, 5) is 18.9. The first-order valence-electron chi connectivity index (χ1n) is 5.28. The lowest BCUT2D eigenvalue weighted by molar-refractivity contribution is -0.124. The third-order valence-electron chi connectivity index (χ3n) is 3.13. The van der Waals surface area contributed by atoms with Crippen LogP contribution in [0.15, 0.2) is 12.4 Å². The molecule has 2 rings (SSSR count). The third kappa shape index (κ3) is 1.87. The van der Waals surface area contributed by atoms with Gasteiger partial charge in [0.2, 0.25) is 11.9 Å². The molecular formula is C10H16N4O. The fraction of sp³-hybridized carbons (Fsp3) is 0.600. The van der Waals surface area contributed by atoms with Crippen LogP contribution in [0.3, 0.4) is 0 Å². The molecule has 1 atom stereocenters. The number of H-pyrrole nitrogens is 1. The summed E-state index contributed by atoms with van der Waals surface area (Å²) in [5.74, 6) is 0.588. The Labute approximate surface area is 88.7 Å². The number of aromatic nitrogens is 2. The van der Waals surface area contributed by atoms with Crippen molar-refractivity contribution < 1.29 is 4.79 Å². The first kappa shape index (κ1) is 10.2. The molecule has 1 aromatic rings. The van der Waals surface area contributed by atoms with Gasteiger partial charge in [0, 0.05) is 18.9 Å². The SMILES string of the molecule is CCC1(C(=O)Nc2ncc[nH]2)CCNC1. The number of nitrogens with one attached hydrogen (secondary N) is 3. The van der Waals surface area contributed by atoms with Gasteiger partial charge in [-0.25, -0.2) is 4.98 Å². The minimum atomic E-state index is -0.257. The molecule has 0 saturated carbocycles. The highest BCUT2D eigenvalue weighted by atomic mass is 16.2. The molecule has 82 valence electrons. The molecule has 0 aliphatic carbocycles. The molecule has 5 nitrogen and oxygen atoms in total. The van der Waals surface area contributed by atoms with E-state index in [2.05, 4.69) is 27.5 Å². The zero-order valence-corrected chi connectivity index (χ0v) is 8.84. The second kappa shape index (κ2) is 4.02. The quantitative estimate of drug-likeness (QED) is 0.686. The average Bonchev–Trinajstić information content (AvgIpc) is 2.87. The molecule has 0 spiro atoms. The Balaban J connectivity index is 2.06. The minimum absolute atomic E-state index is 0.0601. The summed E-state index contributed by atoms with van der Waals surface area (Å²) in [7, 11) is 0. The molecular weight excluding hydrogens is 192 g/mol. The van der Waals surface area contributed by atoms with E-state index in [1.165, 1.54) is 0 Å². The molecule has 1 aliphatic rings. The van der Waals surface area contributed by atoms with Crippen LogP contribution < -0.4 is 10.6 Å². The van der Waals surface area contributed by atoms with E-state index in [0.717, 1.165) is 25.9 Å². The number of carbonyl (C=O) groups is 1. The Kier molecular flexibility index (Phi) is 2.73. The summed E-state index contributed by atoms with van der Waals surface area (Å²) in [5, 5.41) is 6.04. The van der Waals surface area contributed by atoms with Crippen molar-refractivity contribution in [3.8, 4) is 0 Å². The number of nitrogens with zero attached hydrogens (tertiary/aromatic N) is 1. The molecule has 5 heteroatoms. The fourth-order valence-corrected chi connectivity index (χ4v) is 1.97. The van der Waals surface area contributed by atoms with Gasteiger partial charge in [0.25, 0.3) is 0 Å². The van der Waals surface area contributed by atoms with Gasteiger partial charge in [-0.05, 0) is 19.4 Å². The zero-order chi connectivity index (χ0) is 10.7. The summed E-state index contributed by atoms with van der Waals surface area (Å²) in [5.41, 5.74) is -0.257. The van der Waals surface area contributed by atoms with Crippen LogP contribution in [0.5, 0.6) is 0 Å². The number of carbonyl (C=O) groups excluding carboxylic acids is 1. The predicted molar refractivity (Wildman–Crippen MR) is 57.4 cm³/mol. The van der Waals surface area contributed by atoms with Gasteiger partial charge in [-0.15, -0.1) is 0 Å². The Morgan fingerprint density at radius 3 is 3.13 bits per heavy atom. The lowest BCUT2D eigenvalue weighted by Crippen LogP contribution is -2.37. The maximum absolute atomic E-state index is 12.1. The molecule has 3 N–H and O–H groups in total. The van der Waals surface area contributed by atoms with E-state index in [0.29, 0.717) is 5.95 Å². The smallest absolute Gasteiger partial charge is 0.234 e. The lowest BCUT2D eigenvalue weighted by Gasteiger charge is -2.24. The number of imidazole rings is 1. The van der Waals surface area contributed by atoms with Gasteiger partial charge in [0.05, 0.1) is 5.41 Å². The maximum atomic E-state index is 12.1. The lowest BCUT2D eigenvalue weighted by atomic mass is 9.83. The van der Waals surface area contributed by atoms with Crippen molar-refractivity contribution in [3.05, 3.63) is 12.4 Å². The zero-order valence-electron chi connectivity index (χ0n) is 8.84. The molecule has 1 unspecified atom stereocenters. The van der Waals surface area contributed by atoms with Crippen LogP contribution >= 0.6 is 0 Å². The minimum Gasteiger partial charge on any atom is -0.331 e. The van der Waals surface area contributed by atoms with Crippen LogP contribution in [0, 0.1) is 5.41 Å². The van der Waals surface area contributed by atoms with Crippen molar-refractivity contribution in [2.24, 2.45) is 5.41 Å². The van der Waals surface area contributed by atoms with Crippen LogP contribution in [-0.2, 0) is 4.79 Å². The number of hydrogen-bond donors (Lipinski definition) is 3. The highest BCUT2D eigenvalue weighted by Crippen LogP contribution is 2.30. The predicted octanol–water partition coefficient (Wildman–Crippen LogP) is 0.738. The van der Waals surface area contributed by atoms with E-state index < -0.39 is 0 Å². The van der Waals surface area contributed by atoms with Crippen molar-refractivity contribution >= 4 is 11.9 Å². The molecule has 15 heavy (non-hydrogen) atoms. The maximum Gasteiger partial charge on any atom is 0.234 e. The first-order valence-corrected chi connectivity index (χ1v) is 5.28. The molecule has 2 heterocycles. The molecule has 1 amide bonds. The number of hydrogen-bond acceptors (Lipinski definition) is 3. The fourth-order valence-electron chi connectivity index (χ4n) is 1.97. The van der Waals surface area contributed by atoms with Gasteiger partial charge < -0.3 is 10.3 Å². The molecule has 0 radical (unpaired) electrons. The van der Waals surface area contributed by atoms with Crippen molar-refractivity contribution in [1.82, 2.24) is 15.3 Å². The average molecular weight is 208 g/mol. The van der Waals surface area contributed by atoms with Crippen LogP contribution in [-0.4, -0.2) is 29.0 Å². The van der Waals surface area contributed by atoms with Gasteiger partial charge in [-0.2, -0.15) is 0 Å². The molecule has 1 aliphatic heterocycles. The van der Waals surface area contributed by atoms with E-state index in [4.69, 9.17) is 0 Å². The van der Waals surface area contributed by atoms with Crippen molar-refractivity contribution in [2.75, 3.05) is 18.4 Å². The van der Waals surface area contributed by atoms with Crippen LogP contribution in [0.4, 0.5) is 5.95 Å². The summed E-state index contributed by atoms with van der Waals surface area (Å²) in [6, 6.07) is 0. The Morgan fingerprint density at radius 1 is 1.73 bits per heavy atom. The summed E-state index contributed by atoms with van der Waals surface area (Å²) in [6.45, 7) is 3.73. The highest BCUT2D eigenvalue weighted by Gasteiger charge is 2.39. The van der Waals surface area contributed by atoms with Crippen molar-refractivity contribution in [2.45, 2.75) is 19.8 Å². The first-order chi connectivity index (χ1) is 7.27. The molecule has 0 bridgehead atoms. The summed E-state index contributed by atoms with van der Waals surface area (Å²) < 4.78 is 0. The number of rotatable bonds is 3. The molecule has 1 saturated heterocycles. The largest absolute Gasteiger partial charge is 0.331 e. The summed E-state index contributed by atoms with van der Waals surface area (Å²) in [6.07, 6.45) is 5.07. The monoisotopic (exact) mass is 208 g/mol. The van der Waals surface area contributed by atoms with Gasteiger partial charge in [-0.3, -0.25) is 10.1 Å². The Bertz CT molecular complexity index is 327. The molecule has 1 fully saturated rings. The van der Waals surface area contributed by atoms with E-state index >= 15 is 0 Å². The topological polar surface area (TPSA) is 69.8 Å². The van der Waals surface area contributed by atoms with Crippen LogP contribution in [0.2, 0.25) is 0 Å². The van der Waals surface area contributed by atoms with Gasteiger partial charge in [-0.1, -0.05) is 6.92 Å². The molecule has 1 aromatic heterocycles. The number of amides is 1. The van der Waals surface area contributed by atoms with Crippen molar-refractivity contribution in [3.63, 3.8) is 0 Å². The van der Waals surface area contributed by atoms with Gasteiger partial charge in [0.15, 0.2) is 0 Å². The Hall–Kier alpha value is -1.36. The van der Waals surface area contributed by atoms with Gasteiger partial charge in [0.1, 0.15) is 0 Å². The van der Waals surface area contributed by atoms with Crippen molar-refractivity contribution in [1.29, 1.82) is 0 Å². The number of anilines is 1. The molecule has 0 aromatic carbocycles. The van der Waals surface area contributed by atoms with Gasteiger partial charge >= 0.3 is 0 Å². The van der Waals surface area contributed by atoms with Crippen LogP contribution in [0.1, 0.15) is 19.8 Å². The normalized spacial score (nSPS) is 25.4. The highest BCUT2D eigenvalue weighted by molar-refractivity contribution is 5.94. The standard InChI is InChI=1S/C10H16N4O/c1-2-10(3-4-11-7-10)8(15)14-9-12-5-6-13-9/h5-6,11H,2-4,7H2,1H3,(H2,12,13,14,15). The Morgan fingerprint density at radius 2 is 2.60 bits per heavy atom. The van der Waals surface area contributed by atoms with E-state index in [1.54, 1.807) is 12.4 Å². The summed E-state index contributed by atoms with van der Waals surface area (Å²) >= 11 is 0. The van der Waals surface area contributed by atoms with E-state index in [9.17, 15) is 4.79 Å². The van der Waals surface area contributed by atoms with Crippen LogP contribution in [0.25, 0.3) is 0 Å².